The van der Waals surface area contributed by atoms with Crippen LogP contribution in [0.5, 0.6) is 0 Å². The van der Waals surface area contributed by atoms with E-state index in [9.17, 15) is 9.59 Å². The molecule has 0 bridgehead atoms. The van der Waals surface area contributed by atoms with Crippen molar-refractivity contribution in [1.29, 1.82) is 0 Å². The Balaban J connectivity index is 2.12. The van der Waals surface area contributed by atoms with Gasteiger partial charge in [-0.2, -0.15) is 0 Å². The van der Waals surface area contributed by atoms with Crippen LogP contribution >= 0.6 is 0 Å². The molecular weight excluding hydrogens is 268 g/mol. The van der Waals surface area contributed by atoms with Crippen molar-refractivity contribution in [2.45, 2.75) is 39.3 Å². The normalized spacial score (nSPS) is 18.4. The molecule has 2 N–H and O–H groups in total. The number of aromatic nitrogens is 1. The number of rotatable bonds is 5. The van der Waals surface area contributed by atoms with E-state index in [1.54, 1.807) is 0 Å². The maximum Gasteiger partial charge on any atom is 0.246 e. The number of amides is 2. The Labute approximate surface area is 124 Å². The van der Waals surface area contributed by atoms with Crippen LogP contribution < -0.4 is 10.6 Å². The van der Waals surface area contributed by atoms with Gasteiger partial charge in [-0.3, -0.25) is 19.8 Å². The Morgan fingerprint density at radius 1 is 1.38 bits per heavy atom. The number of imide groups is 1. The minimum atomic E-state index is -0.720. The lowest BCUT2D eigenvalue weighted by Crippen LogP contribution is -2.63. The molecule has 2 amide bonds. The van der Waals surface area contributed by atoms with Gasteiger partial charge >= 0.3 is 0 Å². The second-order valence-corrected chi connectivity index (χ2v) is 5.73. The van der Waals surface area contributed by atoms with E-state index in [1.165, 1.54) is 0 Å². The monoisotopic (exact) mass is 290 g/mol. The summed E-state index contributed by atoms with van der Waals surface area (Å²) in [5.74, 6) is 0.290. The Morgan fingerprint density at radius 2 is 2.14 bits per heavy atom. The Kier molecular flexibility index (Phi) is 4.57. The van der Waals surface area contributed by atoms with E-state index in [2.05, 4.69) is 22.5 Å². The molecule has 0 aromatic carbocycles. The maximum atomic E-state index is 11.9. The maximum absolute atomic E-state index is 11.9. The number of hydrogen-bond acceptors (Lipinski definition) is 5. The Hall–Kier alpha value is -1.95. The summed E-state index contributed by atoms with van der Waals surface area (Å²) in [6.45, 7) is 7.26. The van der Waals surface area contributed by atoms with E-state index in [0.29, 0.717) is 6.54 Å². The van der Waals surface area contributed by atoms with Gasteiger partial charge in [-0.1, -0.05) is 13.0 Å². The molecule has 0 aliphatic carbocycles. The molecule has 114 valence electrons. The van der Waals surface area contributed by atoms with Crippen LogP contribution in [0.2, 0.25) is 0 Å². The summed E-state index contributed by atoms with van der Waals surface area (Å²) < 4.78 is 0. The van der Waals surface area contributed by atoms with Crippen LogP contribution in [0.3, 0.4) is 0 Å². The predicted octanol–water partition coefficient (Wildman–Crippen LogP) is 1.14. The number of piperazine rings is 1. The van der Waals surface area contributed by atoms with Crippen molar-refractivity contribution in [3.05, 3.63) is 23.9 Å². The van der Waals surface area contributed by atoms with Gasteiger partial charge in [-0.25, -0.2) is 4.98 Å². The largest absolute Gasteiger partial charge is 0.370 e. The van der Waals surface area contributed by atoms with Gasteiger partial charge in [0.25, 0.3) is 0 Å². The number of hydrogen-bond donors (Lipinski definition) is 2. The van der Waals surface area contributed by atoms with Crippen LogP contribution in [-0.2, 0) is 16.1 Å². The zero-order chi connectivity index (χ0) is 15.5. The van der Waals surface area contributed by atoms with Crippen LogP contribution in [0.1, 0.15) is 32.9 Å². The lowest BCUT2D eigenvalue weighted by molar-refractivity contribution is -0.145. The SMILES string of the molecule is CCCNc1cccc(CN2CC(=O)NC(=O)C2(C)C)n1. The van der Waals surface area contributed by atoms with Gasteiger partial charge in [-0.05, 0) is 32.4 Å². The van der Waals surface area contributed by atoms with Crippen molar-refractivity contribution in [2.24, 2.45) is 0 Å². The molecule has 0 spiro atoms. The van der Waals surface area contributed by atoms with Crippen LogP contribution in [0.25, 0.3) is 0 Å². The Bertz CT molecular complexity index is 542. The third kappa shape index (κ3) is 3.58. The molecule has 1 aliphatic heterocycles. The molecule has 2 rings (SSSR count). The minimum Gasteiger partial charge on any atom is -0.370 e. The molecule has 1 saturated heterocycles. The van der Waals surface area contributed by atoms with Crippen LogP contribution in [0.15, 0.2) is 18.2 Å². The first kappa shape index (κ1) is 15.4. The zero-order valence-corrected chi connectivity index (χ0v) is 12.8. The summed E-state index contributed by atoms with van der Waals surface area (Å²) in [7, 11) is 0. The first-order valence-corrected chi connectivity index (χ1v) is 7.22. The summed E-state index contributed by atoms with van der Waals surface area (Å²) >= 11 is 0. The molecule has 6 heteroatoms. The van der Waals surface area contributed by atoms with Crippen LogP contribution in [-0.4, -0.2) is 40.3 Å². The predicted molar refractivity (Wildman–Crippen MR) is 80.7 cm³/mol. The number of nitrogens with zero attached hydrogens (tertiary/aromatic N) is 2. The number of nitrogens with one attached hydrogen (secondary N) is 2. The van der Waals surface area contributed by atoms with Gasteiger partial charge < -0.3 is 5.32 Å². The molecular formula is C15H22N4O2. The first-order valence-electron chi connectivity index (χ1n) is 7.22. The lowest BCUT2D eigenvalue weighted by atomic mass is 9.98. The highest BCUT2D eigenvalue weighted by Crippen LogP contribution is 2.20. The standard InChI is InChI=1S/C15H22N4O2/c1-4-8-16-12-7-5-6-11(17-12)9-19-10-13(20)18-14(21)15(19,2)3/h5-7H,4,8-10H2,1-3H3,(H,16,17)(H,18,20,21). The highest BCUT2D eigenvalue weighted by atomic mass is 16.2. The molecule has 1 aromatic heterocycles. The van der Waals surface area contributed by atoms with Gasteiger partial charge in [0.1, 0.15) is 5.82 Å². The molecule has 0 radical (unpaired) electrons. The van der Waals surface area contributed by atoms with E-state index in [-0.39, 0.29) is 18.4 Å². The highest BCUT2D eigenvalue weighted by molar-refractivity contribution is 6.02. The van der Waals surface area contributed by atoms with Gasteiger partial charge in [0.15, 0.2) is 0 Å². The molecule has 1 aliphatic rings. The van der Waals surface area contributed by atoms with Gasteiger partial charge in [-0.15, -0.1) is 0 Å². The average Bonchev–Trinajstić information content (AvgIpc) is 2.43. The Morgan fingerprint density at radius 3 is 2.86 bits per heavy atom. The van der Waals surface area contributed by atoms with Crippen molar-refractivity contribution in [1.82, 2.24) is 15.2 Å². The molecule has 0 unspecified atom stereocenters. The third-order valence-corrected chi connectivity index (χ3v) is 3.65. The van der Waals surface area contributed by atoms with E-state index in [1.807, 2.05) is 36.9 Å². The average molecular weight is 290 g/mol. The number of carbonyl (C=O) groups is 2. The fourth-order valence-electron chi connectivity index (χ4n) is 2.20. The quantitative estimate of drug-likeness (QED) is 0.796. The number of carbonyl (C=O) groups excluding carboxylic acids is 2. The van der Waals surface area contributed by atoms with Crippen LogP contribution in [0.4, 0.5) is 5.82 Å². The number of pyridine rings is 1. The number of anilines is 1. The second kappa shape index (κ2) is 6.22. The summed E-state index contributed by atoms with van der Waals surface area (Å²) in [5, 5.41) is 5.61. The van der Waals surface area contributed by atoms with Crippen molar-refractivity contribution in [3.63, 3.8) is 0 Å². The molecule has 1 fully saturated rings. The van der Waals surface area contributed by atoms with Gasteiger partial charge in [0.2, 0.25) is 11.8 Å². The van der Waals surface area contributed by atoms with E-state index in [4.69, 9.17) is 0 Å². The fraction of sp³-hybridized carbons (Fsp3) is 0.533. The third-order valence-electron chi connectivity index (χ3n) is 3.65. The molecule has 1 aromatic rings. The molecule has 0 atom stereocenters. The summed E-state index contributed by atoms with van der Waals surface area (Å²) in [6.07, 6.45) is 1.03. The summed E-state index contributed by atoms with van der Waals surface area (Å²) in [6, 6.07) is 5.75. The minimum absolute atomic E-state index is 0.201. The van der Waals surface area contributed by atoms with Crippen molar-refractivity contribution >= 4 is 17.6 Å². The first-order chi connectivity index (χ1) is 9.93. The fourth-order valence-corrected chi connectivity index (χ4v) is 2.20. The summed E-state index contributed by atoms with van der Waals surface area (Å²) in [4.78, 5) is 29.9. The molecule has 21 heavy (non-hydrogen) atoms. The molecule has 2 heterocycles. The lowest BCUT2D eigenvalue weighted by Gasteiger charge is -2.39. The smallest absolute Gasteiger partial charge is 0.246 e. The van der Waals surface area contributed by atoms with Crippen molar-refractivity contribution in [2.75, 3.05) is 18.4 Å². The van der Waals surface area contributed by atoms with E-state index in [0.717, 1.165) is 24.5 Å². The molecule has 0 saturated carbocycles. The van der Waals surface area contributed by atoms with Crippen LogP contribution in [0, 0.1) is 0 Å². The van der Waals surface area contributed by atoms with Gasteiger partial charge in [0, 0.05) is 13.1 Å². The topological polar surface area (TPSA) is 74.3 Å². The zero-order valence-electron chi connectivity index (χ0n) is 12.8. The van der Waals surface area contributed by atoms with E-state index < -0.39 is 5.54 Å². The highest BCUT2D eigenvalue weighted by Gasteiger charge is 2.40. The van der Waals surface area contributed by atoms with Gasteiger partial charge in [0.05, 0.1) is 17.8 Å². The second-order valence-electron chi connectivity index (χ2n) is 5.73. The molecule has 6 nitrogen and oxygen atoms in total. The van der Waals surface area contributed by atoms with Crippen molar-refractivity contribution in [3.8, 4) is 0 Å². The van der Waals surface area contributed by atoms with E-state index >= 15 is 0 Å². The summed E-state index contributed by atoms with van der Waals surface area (Å²) in [5.41, 5.74) is 0.120. The van der Waals surface area contributed by atoms with Crippen molar-refractivity contribution < 1.29 is 9.59 Å².